The van der Waals surface area contributed by atoms with Crippen molar-refractivity contribution in [2.75, 3.05) is 26.2 Å². The van der Waals surface area contributed by atoms with Gasteiger partial charge >= 0.3 is 0 Å². The van der Waals surface area contributed by atoms with Crippen molar-refractivity contribution in [2.24, 2.45) is 0 Å². The Hall–Kier alpha value is -3.71. The van der Waals surface area contributed by atoms with Crippen LogP contribution in [0.2, 0.25) is 0 Å². The van der Waals surface area contributed by atoms with E-state index in [0.29, 0.717) is 29.0 Å². The van der Waals surface area contributed by atoms with Gasteiger partial charge in [-0.1, -0.05) is 6.07 Å². The molecule has 2 fully saturated rings. The van der Waals surface area contributed by atoms with Crippen LogP contribution in [0.1, 0.15) is 38.4 Å². The van der Waals surface area contributed by atoms with Crippen LogP contribution in [0.5, 0.6) is 0 Å². The molecule has 2 aliphatic rings. The quantitative estimate of drug-likeness (QED) is 0.697. The van der Waals surface area contributed by atoms with E-state index in [4.69, 9.17) is 5.26 Å². The summed E-state index contributed by atoms with van der Waals surface area (Å²) in [5.74, 6) is -1.26. The van der Waals surface area contributed by atoms with Gasteiger partial charge in [0.05, 0.1) is 23.1 Å². The number of nitriles is 1. The summed E-state index contributed by atoms with van der Waals surface area (Å²) in [5.41, 5.74) is 0.846. The van der Waals surface area contributed by atoms with E-state index in [1.807, 2.05) is 6.07 Å². The summed E-state index contributed by atoms with van der Waals surface area (Å²) >= 11 is 1.29. The first kappa shape index (κ1) is 22.5. The second-order valence-electron chi connectivity index (χ2n) is 7.93. The molecule has 3 heterocycles. The van der Waals surface area contributed by atoms with Gasteiger partial charge in [0.2, 0.25) is 11.8 Å². The van der Waals surface area contributed by atoms with Crippen LogP contribution in [0.25, 0.3) is 0 Å². The predicted octanol–water partition coefficient (Wildman–Crippen LogP) is 0.981. The molecular weight excluding hydrogens is 442 g/mol. The molecule has 2 N–H and O–H groups in total. The zero-order chi connectivity index (χ0) is 23.4. The number of thiophene rings is 1. The van der Waals surface area contributed by atoms with Crippen molar-refractivity contribution in [1.29, 1.82) is 5.26 Å². The Morgan fingerprint density at radius 2 is 1.91 bits per heavy atom. The summed E-state index contributed by atoms with van der Waals surface area (Å²) in [7, 11) is 0. The minimum Gasteiger partial charge on any atom is -0.354 e. The third-order valence-corrected chi connectivity index (χ3v) is 6.68. The van der Waals surface area contributed by atoms with Gasteiger partial charge in [-0.2, -0.15) is 5.26 Å². The smallest absolute Gasteiger partial charge is 0.264 e. The summed E-state index contributed by atoms with van der Waals surface area (Å²) in [6.45, 7) is 1.04. The lowest BCUT2D eigenvalue weighted by Crippen LogP contribution is -2.63. The third-order valence-electron chi connectivity index (χ3n) is 5.83. The number of nitrogens with zero attached hydrogens (tertiary/aromatic N) is 3. The Kier molecular flexibility index (Phi) is 6.70. The molecule has 0 aliphatic carbocycles. The van der Waals surface area contributed by atoms with Crippen molar-refractivity contribution < 1.29 is 19.2 Å². The van der Waals surface area contributed by atoms with Gasteiger partial charge < -0.3 is 20.4 Å². The number of hydrogen-bond acceptors (Lipinski definition) is 6. The molecule has 0 spiro atoms. The molecule has 0 saturated carbocycles. The first-order chi connectivity index (χ1) is 16.0. The third kappa shape index (κ3) is 4.88. The van der Waals surface area contributed by atoms with E-state index in [9.17, 15) is 19.2 Å². The molecule has 2 aromatic rings. The highest BCUT2D eigenvalue weighted by molar-refractivity contribution is 7.12. The molecule has 2 aliphatic heterocycles. The monoisotopic (exact) mass is 465 g/mol. The van der Waals surface area contributed by atoms with Gasteiger partial charge in [0, 0.05) is 25.2 Å². The first-order valence-electron chi connectivity index (χ1n) is 10.7. The fraction of sp³-hybridized carbons (Fsp3) is 0.348. The van der Waals surface area contributed by atoms with E-state index in [1.54, 1.807) is 41.8 Å². The van der Waals surface area contributed by atoms with Gasteiger partial charge in [-0.25, -0.2) is 0 Å². The van der Waals surface area contributed by atoms with Gasteiger partial charge in [-0.3, -0.25) is 19.2 Å². The van der Waals surface area contributed by atoms with Crippen LogP contribution < -0.4 is 10.6 Å². The average Bonchev–Trinajstić information content (AvgIpc) is 3.39. The fourth-order valence-corrected chi connectivity index (χ4v) is 4.70. The summed E-state index contributed by atoms with van der Waals surface area (Å²) in [6, 6.07) is 10.2. The largest absolute Gasteiger partial charge is 0.354 e. The van der Waals surface area contributed by atoms with E-state index in [-0.39, 0.29) is 37.4 Å². The number of nitrogens with one attached hydrogen (secondary N) is 2. The average molecular weight is 466 g/mol. The highest BCUT2D eigenvalue weighted by Crippen LogP contribution is 2.20. The lowest BCUT2D eigenvalue weighted by Gasteiger charge is -2.41. The second-order valence-corrected chi connectivity index (χ2v) is 8.87. The second kappa shape index (κ2) is 9.83. The Bertz CT molecular complexity index is 1090. The van der Waals surface area contributed by atoms with Crippen molar-refractivity contribution in [2.45, 2.75) is 24.9 Å². The van der Waals surface area contributed by atoms with Crippen LogP contribution in [0.3, 0.4) is 0 Å². The zero-order valence-electron chi connectivity index (χ0n) is 17.8. The van der Waals surface area contributed by atoms with Gasteiger partial charge in [-0.15, -0.1) is 11.3 Å². The molecule has 2 saturated heterocycles. The molecule has 1 aromatic carbocycles. The minimum atomic E-state index is -0.926. The Morgan fingerprint density at radius 1 is 1.12 bits per heavy atom. The van der Waals surface area contributed by atoms with Crippen molar-refractivity contribution in [3.05, 3.63) is 57.8 Å². The van der Waals surface area contributed by atoms with Crippen LogP contribution >= 0.6 is 11.3 Å². The predicted molar refractivity (Wildman–Crippen MR) is 120 cm³/mol. The van der Waals surface area contributed by atoms with E-state index in [2.05, 4.69) is 10.6 Å². The molecule has 33 heavy (non-hydrogen) atoms. The summed E-state index contributed by atoms with van der Waals surface area (Å²) in [5, 5.41) is 16.3. The number of piperidine rings is 1. The SMILES string of the molecule is N#Cc1ccc(C(=O)N2CCN(C(=O)c3cccs3)[C@@H](C(=O)N[C@H]3CCCNC3=O)C2)cc1. The van der Waals surface area contributed by atoms with Gasteiger partial charge in [0.15, 0.2) is 0 Å². The number of benzene rings is 1. The van der Waals surface area contributed by atoms with Crippen molar-refractivity contribution in [3.63, 3.8) is 0 Å². The number of carbonyl (C=O) groups excluding carboxylic acids is 4. The van der Waals surface area contributed by atoms with Gasteiger partial charge in [0.25, 0.3) is 11.8 Å². The molecular formula is C23H23N5O4S. The number of hydrogen-bond donors (Lipinski definition) is 2. The van der Waals surface area contributed by atoms with Crippen molar-refractivity contribution >= 4 is 35.0 Å². The first-order valence-corrected chi connectivity index (χ1v) is 11.6. The Morgan fingerprint density at radius 3 is 2.58 bits per heavy atom. The van der Waals surface area contributed by atoms with E-state index < -0.39 is 18.0 Å². The van der Waals surface area contributed by atoms with E-state index in [0.717, 1.165) is 6.42 Å². The molecule has 0 radical (unpaired) electrons. The molecule has 10 heteroatoms. The molecule has 9 nitrogen and oxygen atoms in total. The topological polar surface area (TPSA) is 123 Å². The highest BCUT2D eigenvalue weighted by Gasteiger charge is 2.39. The number of amides is 4. The molecule has 170 valence electrons. The maximum Gasteiger partial charge on any atom is 0.264 e. The maximum absolute atomic E-state index is 13.2. The number of rotatable bonds is 4. The zero-order valence-corrected chi connectivity index (χ0v) is 18.6. The molecule has 4 rings (SSSR count). The summed E-state index contributed by atoms with van der Waals surface area (Å²) in [4.78, 5) is 55.0. The minimum absolute atomic E-state index is 0.0100. The van der Waals surface area contributed by atoms with Crippen LogP contribution in [0, 0.1) is 11.3 Å². The fourth-order valence-electron chi connectivity index (χ4n) is 4.02. The maximum atomic E-state index is 13.2. The Labute approximate surface area is 195 Å². The van der Waals surface area contributed by atoms with Gasteiger partial charge in [-0.05, 0) is 48.6 Å². The summed E-state index contributed by atoms with van der Waals surface area (Å²) in [6.07, 6.45) is 1.28. The normalized spacial score (nSPS) is 20.5. The Balaban J connectivity index is 1.54. The number of piperazine rings is 1. The molecule has 2 atom stereocenters. The standard InChI is InChI=1S/C23H23N5O4S/c24-13-15-5-7-16(8-6-15)22(31)27-10-11-28(23(32)19-4-2-12-33-19)18(14-27)21(30)26-17-3-1-9-25-20(17)29/h2,4-8,12,17-18H,1,3,9-11,14H2,(H,25,29)(H,26,30)/t17-,18+/m0/s1. The molecule has 1 aromatic heterocycles. The van der Waals surface area contributed by atoms with E-state index in [1.165, 1.54) is 21.1 Å². The molecule has 0 bridgehead atoms. The van der Waals surface area contributed by atoms with Crippen LogP contribution in [-0.4, -0.2) is 71.7 Å². The van der Waals surface area contributed by atoms with Gasteiger partial charge in [0.1, 0.15) is 12.1 Å². The van der Waals surface area contributed by atoms with Crippen LogP contribution in [0.4, 0.5) is 0 Å². The molecule has 0 unspecified atom stereocenters. The van der Waals surface area contributed by atoms with Crippen LogP contribution in [-0.2, 0) is 9.59 Å². The van der Waals surface area contributed by atoms with Crippen molar-refractivity contribution in [1.82, 2.24) is 20.4 Å². The van der Waals surface area contributed by atoms with Crippen molar-refractivity contribution in [3.8, 4) is 6.07 Å². The lowest BCUT2D eigenvalue weighted by atomic mass is 10.0. The highest BCUT2D eigenvalue weighted by atomic mass is 32.1. The summed E-state index contributed by atoms with van der Waals surface area (Å²) < 4.78 is 0. The lowest BCUT2D eigenvalue weighted by molar-refractivity contribution is -0.133. The number of carbonyl (C=O) groups is 4. The molecule has 4 amide bonds. The van der Waals surface area contributed by atoms with Crippen LogP contribution in [0.15, 0.2) is 41.8 Å². The van der Waals surface area contributed by atoms with E-state index >= 15 is 0 Å².